The molecule has 0 saturated carbocycles. The number of carbonyl (C=O) groups excluding carboxylic acids is 1. The molecule has 0 aliphatic rings. The third kappa shape index (κ3) is 4.08. The van der Waals surface area contributed by atoms with Crippen LogP contribution < -0.4 is 10.1 Å². The van der Waals surface area contributed by atoms with Gasteiger partial charge in [0, 0.05) is 12.2 Å². The number of thiophene rings is 1. The van der Waals surface area contributed by atoms with Crippen molar-refractivity contribution in [3.63, 3.8) is 0 Å². The Morgan fingerprint density at radius 3 is 2.69 bits per heavy atom. The van der Waals surface area contributed by atoms with Crippen LogP contribution in [-0.4, -0.2) is 33.0 Å². The van der Waals surface area contributed by atoms with Gasteiger partial charge in [-0.3, -0.25) is 4.79 Å². The summed E-state index contributed by atoms with van der Waals surface area (Å²) >= 11 is 3.03. The molecule has 6 nitrogen and oxygen atoms in total. The van der Waals surface area contributed by atoms with Crippen LogP contribution in [0.15, 0.2) is 46.9 Å². The molecule has 136 valence electrons. The Morgan fingerprint density at radius 2 is 2.08 bits per heavy atom. The molecule has 0 spiro atoms. The first-order valence-corrected chi connectivity index (χ1v) is 9.97. The molecule has 0 aliphatic heterocycles. The molecule has 3 aromatic rings. The van der Waals surface area contributed by atoms with Gasteiger partial charge in [0.05, 0.1) is 17.2 Å². The molecule has 0 radical (unpaired) electrons. The third-order valence-corrected chi connectivity index (χ3v) is 5.73. The summed E-state index contributed by atoms with van der Waals surface area (Å²) in [6.07, 6.45) is 0. The van der Waals surface area contributed by atoms with Crippen LogP contribution in [0, 0.1) is 0 Å². The molecule has 0 fully saturated rings. The Labute approximate surface area is 160 Å². The largest absolute Gasteiger partial charge is 0.497 e. The molecule has 3 rings (SSSR count). The van der Waals surface area contributed by atoms with Crippen LogP contribution in [0.1, 0.15) is 13.8 Å². The van der Waals surface area contributed by atoms with Gasteiger partial charge in [-0.2, -0.15) is 0 Å². The van der Waals surface area contributed by atoms with E-state index in [0.717, 1.165) is 33.8 Å². The highest BCUT2D eigenvalue weighted by Crippen LogP contribution is 2.29. The zero-order chi connectivity index (χ0) is 18.5. The Kier molecular flexibility index (Phi) is 5.95. The number of nitrogens with zero attached hydrogens (tertiary/aromatic N) is 3. The molecule has 0 bridgehead atoms. The van der Waals surface area contributed by atoms with E-state index < -0.39 is 0 Å². The first-order chi connectivity index (χ1) is 12.6. The topological polar surface area (TPSA) is 69.0 Å². The lowest BCUT2D eigenvalue weighted by atomic mass is 10.3. The number of carbonyl (C=O) groups is 1. The van der Waals surface area contributed by atoms with Crippen LogP contribution in [0.5, 0.6) is 5.75 Å². The van der Waals surface area contributed by atoms with Crippen LogP contribution in [0.3, 0.4) is 0 Å². The average Bonchev–Trinajstić information content (AvgIpc) is 3.31. The van der Waals surface area contributed by atoms with Gasteiger partial charge in [0.2, 0.25) is 5.91 Å². The molecule has 2 heterocycles. The minimum absolute atomic E-state index is 0.0801. The average molecular weight is 389 g/mol. The highest BCUT2D eigenvalue weighted by atomic mass is 32.2. The maximum absolute atomic E-state index is 12.5. The van der Waals surface area contributed by atoms with Crippen molar-refractivity contribution >= 4 is 34.7 Å². The minimum Gasteiger partial charge on any atom is -0.497 e. The number of ether oxygens (including phenoxy) is 1. The number of aromatic nitrogens is 3. The van der Waals surface area contributed by atoms with Gasteiger partial charge in [-0.15, -0.1) is 21.5 Å². The second-order valence-electron chi connectivity index (χ2n) is 5.51. The number of hydrogen-bond donors (Lipinski definition) is 1. The summed E-state index contributed by atoms with van der Waals surface area (Å²) in [6, 6.07) is 11.3. The van der Waals surface area contributed by atoms with Crippen molar-refractivity contribution in [2.24, 2.45) is 0 Å². The molecule has 1 atom stereocenters. The van der Waals surface area contributed by atoms with Crippen LogP contribution in [0.2, 0.25) is 0 Å². The van der Waals surface area contributed by atoms with E-state index in [1.54, 1.807) is 18.4 Å². The molecule has 1 amide bonds. The van der Waals surface area contributed by atoms with E-state index in [2.05, 4.69) is 15.5 Å². The molecule has 1 N–H and O–H groups in total. The van der Waals surface area contributed by atoms with E-state index >= 15 is 0 Å². The minimum atomic E-state index is -0.303. The standard InChI is InChI=1S/C18H20N4O2S2/c1-4-22-16(15-6-5-11-25-15)20-21-18(22)26-12(2)17(23)19-13-7-9-14(24-3)10-8-13/h5-12H,4H2,1-3H3,(H,19,23)/t12-/m1/s1. The number of hydrogen-bond acceptors (Lipinski definition) is 6. The van der Waals surface area contributed by atoms with Gasteiger partial charge in [0.1, 0.15) is 5.75 Å². The zero-order valence-corrected chi connectivity index (χ0v) is 16.4. The van der Waals surface area contributed by atoms with Crippen molar-refractivity contribution in [2.45, 2.75) is 30.8 Å². The number of anilines is 1. The zero-order valence-electron chi connectivity index (χ0n) is 14.8. The van der Waals surface area contributed by atoms with E-state index in [1.165, 1.54) is 11.8 Å². The van der Waals surface area contributed by atoms with Crippen molar-refractivity contribution in [1.82, 2.24) is 14.8 Å². The quantitative estimate of drug-likeness (QED) is 0.616. The lowest BCUT2D eigenvalue weighted by Gasteiger charge is -2.13. The van der Waals surface area contributed by atoms with Crippen molar-refractivity contribution in [1.29, 1.82) is 0 Å². The predicted molar refractivity (Wildman–Crippen MR) is 106 cm³/mol. The molecule has 8 heteroatoms. The molecule has 0 unspecified atom stereocenters. The SMILES string of the molecule is CCn1c(S[C@H](C)C(=O)Nc2ccc(OC)cc2)nnc1-c1cccs1. The van der Waals surface area contributed by atoms with Gasteiger partial charge in [-0.25, -0.2) is 0 Å². The van der Waals surface area contributed by atoms with Crippen molar-refractivity contribution in [3.8, 4) is 16.5 Å². The molecule has 1 aromatic carbocycles. The maximum atomic E-state index is 12.5. The second kappa shape index (κ2) is 8.37. The van der Waals surface area contributed by atoms with Gasteiger partial charge in [0.15, 0.2) is 11.0 Å². The molecule has 26 heavy (non-hydrogen) atoms. The Hall–Kier alpha value is -2.32. The lowest BCUT2D eigenvalue weighted by Crippen LogP contribution is -2.22. The second-order valence-corrected chi connectivity index (χ2v) is 7.76. The fourth-order valence-electron chi connectivity index (χ4n) is 2.38. The summed E-state index contributed by atoms with van der Waals surface area (Å²) in [5, 5.41) is 14.0. The summed E-state index contributed by atoms with van der Waals surface area (Å²) in [7, 11) is 1.61. The molecule has 2 aromatic heterocycles. The van der Waals surface area contributed by atoms with Crippen molar-refractivity contribution in [2.75, 3.05) is 12.4 Å². The van der Waals surface area contributed by atoms with E-state index in [1.807, 2.05) is 60.2 Å². The number of amides is 1. The monoisotopic (exact) mass is 388 g/mol. The van der Waals surface area contributed by atoms with E-state index in [4.69, 9.17) is 4.74 Å². The number of thioether (sulfide) groups is 1. The molecular weight excluding hydrogens is 368 g/mol. The van der Waals surface area contributed by atoms with Gasteiger partial charge < -0.3 is 14.6 Å². The van der Waals surface area contributed by atoms with Gasteiger partial charge in [-0.05, 0) is 49.6 Å². The van der Waals surface area contributed by atoms with E-state index in [0.29, 0.717) is 0 Å². The normalized spacial score (nSPS) is 12.0. The molecular formula is C18H20N4O2S2. The Morgan fingerprint density at radius 1 is 1.31 bits per heavy atom. The van der Waals surface area contributed by atoms with Gasteiger partial charge in [0.25, 0.3) is 0 Å². The van der Waals surface area contributed by atoms with Crippen LogP contribution >= 0.6 is 23.1 Å². The Balaban J connectivity index is 1.69. The lowest BCUT2D eigenvalue weighted by molar-refractivity contribution is -0.115. The third-order valence-electron chi connectivity index (χ3n) is 3.78. The highest BCUT2D eigenvalue weighted by Gasteiger charge is 2.20. The summed E-state index contributed by atoms with van der Waals surface area (Å²) in [5.74, 6) is 1.51. The number of methoxy groups -OCH3 is 1. The highest BCUT2D eigenvalue weighted by molar-refractivity contribution is 8.00. The van der Waals surface area contributed by atoms with Crippen LogP contribution in [0.4, 0.5) is 5.69 Å². The summed E-state index contributed by atoms with van der Waals surface area (Å²) in [5.41, 5.74) is 0.736. The fourth-order valence-corrected chi connectivity index (χ4v) is 4.01. The number of benzene rings is 1. The van der Waals surface area contributed by atoms with Crippen molar-refractivity contribution < 1.29 is 9.53 Å². The fraction of sp³-hybridized carbons (Fsp3) is 0.278. The maximum Gasteiger partial charge on any atom is 0.237 e. The van der Waals surface area contributed by atoms with Crippen LogP contribution in [0.25, 0.3) is 10.7 Å². The predicted octanol–water partition coefficient (Wildman–Crippen LogP) is 4.15. The smallest absolute Gasteiger partial charge is 0.237 e. The Bertz CT molecular complexity index is 860. The first kappa shape index (κ1) is 18.5. The first-order valence-electron chi connectivity index (χ1n) is 8.21. The summed E-state index contributed by atoms with van der Waals surface area (Å²) < 4.78 is 7.16. The van der Waals surface area contributed by atoms with Crippen LogP contribution in [-0.2, 0) is 11.3 Å². The van der Waals surface area contributed by atoms with E-state index in [9.17, 15) is 4.79 Å². The van der Waals surface area contributed by atoms with Gasteiger partial charge in [-0.1, -0.05) is 17.8 Å². The summed E-state index contributed by atoms with van der Waals surface area (Å²) in [4.78, 5) is 13.6. The number of nitrogens with one attached hydrogen (secondary N) is 1. The van der Waals surface area contributed by atoms with Gasteiger partial charge >= 0.3 is 0 Å². The van der Waals surface area contributed by atoms with Crippen molar-refractivity contribution in [3.05, 3.63) is 41.8 Å². The molecule has 0 aliphatic carbocycles. The molecule has 0 saturated heterocycles. The number of rotatable bonds is 7. The van der Waals surface area contributed by atoms with E-state index in [-0.39, 0.29) is 11.2 Å². The summed E-state index contributed by atoms with van der Waals surface area (Å²) in [6.45, 7) is 4.66.